The highest BCUT2D eigenvalue weighted by Crippen LogP contribution is 2.23. The molecule has 9 nitrogen and oxygen atoms in total. The van der Waals surface area contributed by atoms with Gasteiger partial charge in [0.05, 0.1) is 10.7 Å². The second kappa shape index (κ2) is 9.97. The summed E-state index contributed by atoms with van der Waals surface area (Å²) in [6.07, 6.45) is 0. The van der Waals surface area contributed by atoms with Crippen molar-refractivity contribution in [1.82, 2.24) is 10.5 Å². The zero-order valence-electron chi connectivity index (χ0n) is 17.3. The number of halogens is 1. The number of aromatic nitrogens is 1. The zero-order chi connectivity index (χ0) is 23.3. The molecule has 1 heterocycles. The number of rotatable bonds is 7. The van der Waals surface area contributed by atoms with Gasteiger partial charge in [0.2, 0.25) is 5.76 Å². The molecule has 0 aliphatic heterocycles. The largest absolute Gasteiger partial charge is 0.480 e. The molecule has 0 unspecified atom stereocenters. The molecule has 1 aromatic heterocycles. The van der Waals surface area contributed by atoms with E-state index in [2.05, 4.69) is 21.1 Å². The number of hydrogen-bond acceptors (Lipinski definition) is 5. The van der Waals surface area contributed by atoms with Gasteiger partial charge in [0, 0.05) is 17.3 Å². The van der Waals surface area contributed by atoms with Crippen LogP contribution in [0.1, 0.15) is 24.4 Å². The van der Waals surface area contributed by atoms with Crippen LogP contribution in [0.5, 0.6) is 0 Å². The van der Waals surface area contributed by atoms with Gasteiger partial charge in [-0.1, -0.05) is 54.9 Å². The fourth-order valence-corrected chi connectivity index (χ4v) is 3.00. The van der Waals surface area contributed by atoms with Crippen molar-refractivity contribution < 1.29 is 24.0 Å². The van der Waals surface area contributed by atoms with Crippen molar-refractivity contribution in [1.29, 1.82) is 0 Å². The van der Waals surface area contributed by atoms with Crippen molar-refractivity contribution in [3.05, 3.63) is 65.4 Å². The van der Waals surface area contributed by atoms with E-state index < -0.39 is 23.9 Å². The van der Waals surface area contributed by atoms with E-state index in [0.29, 0.717) is 27.7 Å². The zero-order valence-corrected chi connectivity index (χ0v) is 18.0. The quantitative estimate of drug-likeness (QED) is 0.414. The molecule has 3 amide bonds. The van der Waals surface area contributed by atoms with Crippen LogP contribution in [0.3, 0.4) is 0 Å². The van der Waals surface area contributed by atoms with Crippen LogP contribution >= 0.6 is 11.6 Å². The number of nitrogens with one attached hydrogen (secondary N) is 3. The molecule has 0 aliphatic carbocycles. The van der Waals surface area contributed by atoms with Gasteiger partial charge in [-0.05, 0) is 30.2 Å². The van der Waals surface area contributed by atoms with Gasteiger partial charge in [-0.25, -0.2) is 9.59 Å². The second-order valence-electron chi connectivity index (χ2n) is 7.25. The van der Waals surface area contributed by atoms with Crippen molar-refractivity contribution in [2.24, 2.45) is 5.92 Å². The van der Waals surface area contributed by atoms with Crippen molar-refractivity contribution in [3.63, 3.8) is 0 Å². The molecule has 3 rings (SSSR count). The minimum absolute atomic E-state index is 0.104. The van der Waals surface area contributed by atoms with Crippen LogP contribution in [0.4, 0.5) is 16.2 Å². The molecule has 0 bridgehead atoms. The SMILES string of the molecule is CC(C)[C@H](NC(=O)c1cc(-c2ccc(NC(=O)Nc3ccccc3Cl)cc2)no1)C(=O)O. The molecule has 0 fully saturated rings. The summed E-state index contributed by atoms with van der Waals surface area (Å²) < 4.78 is 5.07. The first-order chi connectivity index (χ1) is 15.2. The number of carboxylic acid groups (broad SMARTS) is 1. The van der Waals surface area contributed by atoms with Crippen LogP contribution in [0.2, 0.25) is 5.02 Å². The van der Waals surface area contributed by atoms with E-state index in [0.717, 1.165) is 0 Å². The number of aliphatic carboxylic acids is 1. The van der Waals surface area contributed by atoms with Gasteiger partial charge in [0.15, 0.2) is 0 Å². The summed E-state index contributed by atoms with van der Waals surface area (Å²) in [6, 6.07) is 13.5. The number of anilines is 2. The van der Waals surface area contributed by atoms with Gasteiger partial charge in [-0.15, -0.1) is 0 Å². The minimum Gasteiger partial charge on any atom is -0.480 e. The monoisotopic (exact) mass is 456 g/mol. The van der Waals surface area contributed by atoms with Crippen LogP contribution in [0.25, 0.3) is 11.3 Å². The lowest BCUT2D eigenvalue weighted by molar-refractivity contribution is -0.140. The highest BCUT2D eigenvalue weighted by Gasteiger charge is 2.25. The summed E-state index contributed by atoms with van der Waals surface area (Å²) in [6.45, 7) is 3.38. The maximum Gasteiger partial charge on any atom is 0.326 e. The summed E-state index contributed by atoms with van der Waals surface area (Å²) in [5.74, 6) is -2.20. The van der Waals surface area contributed by atoms with Gasteiger partial charge >= 0.3 is 12.0 Å². The van der Waals surface area contributed by atoms with E-state index in [1.54, 1.807) is 62.4 Å². The standard InChI is InChI=1S/C22H21ClN4O5/c1-12(2)19(21(29)30)26-20(28)18-11-17(27-32-18)13-7-9-14(10-8-13)24-22(31)25-16-6-4-3-5-15(16)23/h3-12,19H,1-2H3,(H,26,28)(H,29,30)(H2,24,25,31)/t19-/m0/s1. The first-order valence-corrected chi connectivity index (χ1v) is 10.1. The lowest BCUT2D eigenvalue weighted by Crippen LogP contribution is -2.44. The predicted octanol–water partition coefficient (Wildman–Crippen LogP) is 4.48. The molecule has 2 aromatic carbocycles. The number of carbonyl (C=O) groups excluding carboxylic acids is 2. The molecule has 1 atom stereocenters. The average molecular weight is 457 g/mol. The summed E-state index contributed by atoms with van der Waals surface area (Å²) in [4.78, 5) is 35.7. The summed E-state index contributed by atoms with van der Waals surface area (Å²) in [5.41, 5.74) is 2.04. The van der Waals surface area contributed by atoms with E-state index in [9.17, 15) is 19.5 Å². The van der Waals surface area contributed by atoms with Crippen molar-refractivity contribution >= 4 is 40.9 Å². The Morgan fingerprint density at radius 2 is 1.72 bits per heavy atom. The normalized spacial score (nSPS) is 11.6. The molecule has 3 aromatic rings. The molecule has 10 heteroatoms. The fraction of sp³-hybridized carbons (Fsp3) is 0.182. The van der Waals surface area contributed by atoms with Crippen LogP contribution in [-0.2, 0) is 4.79 Å². The molecule has 166 valence electrons. The third kappa shape index (κ3) is 5.64. The van der Waals surface area contributed by atoms with E-state index in [-0.39, 0.29) is 11.7 Å². The summed E-state index contributed by atoms with van der Waals surface area (Å²) in [7, 11) is 0. The topological polar surface area (TPSA) is 134 Å². The van der Waals surface area contributed by atoms with Crippen LogP contribution < -0.4 is 16.0 Å². The number of benzene rings is 2. The Bertz CT molecular complexity index is 1130. The third-order valence-electron chi connectivity index (χ3n) is 4.51. The Kier molecular flexibility index (Phi) is 7.11. The number of carboxylic acids is 1. The number of nitrogens with zero attached hydrogens (tertiary/aromatic N) is 1. The van der Waals surface area contributed by atoms with Gasteiger partial charge in [0.1, 0.15) is 11.7 Å². The molecule has 0 aliphatic rings. The first kappa shape index (κ1) is 22.8. The number of hydrogen-bond donors (Lipinski definition) is 4. The number of para-hydroxylation sites is 1. The Morgan fingerprint density at radius 3 is 2.34 bits per heavy atom. The van der Waals surface area contributed by atoms with Gasteiger partial charge in [-0.3, -0.25) is 4.79 Å². The van der Waals surface area contributed by atoms with E-state index in [4.69, 9.17) is 16.1 Å². The van der Waals surface area contributed by atoms with Crippen LogP contribution in [0, 0.1) is 5.92 Å². The van der Waals surface area contributed by atoms with Crippen LogP contribution in [0.15, 0.2) is 59.1 Å². The number of carbonyl (C=O) groups is 3. The molecule has 0 radical (unpaired) electrons. The molecule has 0 spiro atoms. The highest BCUT2D eigenvalue weighted by atomic mass is 35.5. The lowest BCUT2D eigenvalue weighted by atomic mass is 10.0. The summed E-state index contributed by atoms with van der Waals surface area (Å²) >= 11 is 6.03. The van der Waals surface area contributed by atoms with Gasteiger partial charge < -0.3 is 25.6 Å². The predicted molar refractivity (Wildman–Crippen MR) is 120 cm³/mol. The molecular weight excluding hydrogens is 436 g/mol. The van der Waals surface area contributed by atoms with Crippen molar-refractivity contribution in [2.75, 3.05) is 10.6 Å². The fourth-order valence-electron chi connectivity index (χ4n) is 2.82. The number of urea groups is 1. The minimum atomic E-state index is -1.13. The molecule has 4 N–H and O–H groups in total. The Balaban J connectivity index is 1.63. The Hall–Kier alpha value is -3.85. The van der Waals surface area contributed by atoms with Crippen molar-refractivity contribution in [2.45, 2.75) is 19.9 Å². The lowest BCUT2D eigenvalue weighted by Gasteiger charge is -2.16. The van der Waals surface area contributed by atoms with Crippen molar-refractivity contribution in [3.8, 4) is 11.3 Å². The highest BCUT2D eigenvalue weighted by molar-refractivity contribution is 6.33. The number of amides is 3. The molecule has 0 saturated carbocycles. The smallest absolute Gasteiger partial charge is 0.326 e. The Morgan fingerprint density at radius 1 is 1.03 bits per heavy atom. The van der Waals surface area contributed by atoms with Gasteiger partial charge in [0.25, 0.3) is 5.91 Å². The molecule has 32 heavy (non-hydrogen) atoms. The molecular formula is C22H21ClN4O5. The Labute approximate surface area is 188 Å². The average Bonchev–Trinajstić information content (AvgIpc) is 3.24. The maximum atomic E-state index is 12.3. The van der Waals surface area contributed by atoms with E-state index >= 15 is 0 Å². The van der Waals surface area contributed by atoms with E-state index in [1.165, 1.54) is 6.07 Å². The van der Waals surface area contributed by atoms with Crippen LogP contribution in [-0.4, -0.2) is 34.2 Å². The maximum absolute atomic E-state index is 12.3. The van der Waals surface area contributed by atoms with E-state index in [1.807, 2.05) is 0 Å². The van der Waals surface area contributed by atoms with Gasteiger partial charge in [-0.2, -0.15) is 0 Å². The molecule has 0 saturated heterocycles. The third-order valence-corrected chi connectivity index (χ3v) is 4.84. The first-order valence-electron chi connectivity index (χ1n) is 9.68. The second-order valence-corrected chi connectivity index (χ2v) is 7.65. The summed E-state index contributed by atoms with van der Waals surface area (Å²) in [5, 5.41) is 21.3.